The van der Waals surface area contributed by atoms with Crippen molar-refractivity contribution in [2.45, 2.75) is 13.8 Å². The fourth-order valence-corrected chi connectivity index (χ4v) is 4.16. The van der Waals surface area contributed by atoms with Crippen LogP contribution in [0.5, 0.6) is 0 Å². The van der Waals surface area contributed by atoms with Crippen molar-refractivity contribution in [3.05, 3.63) is 45.6 Å². The largest absolute Gasteiger partial charge is 0.489 e. The molecule has 0 saturated carbocycles. The lowest BCUT2D eigenvalue weighted by Gasteiger charge is -2.27. The first kappa shape index (κ1) is 11.8. The van der Waals surface area contributed by atoms with E-state index in [1.54, 1.807) is 0 Å². The van der Waals surface area contributed by atoms with E-state index in [1.165, 1.54) is 16.0 Å². The summed E-state index contributed by atoms with van der Waals surface area (Å²) in [7, 11) is -1.30. The monoisotopic (exact) mass is 254 g/mol. The summed E-state index contributed by atoms with van der Waals surface area (Å²) in [6, 6.07) is 1.87. The second-order valence-electron chi connectivity index (χ2n) is 5.41. The first-order valence-electron chi connectivity index (χ1n) is 6.12. The molecule has 2 nitrogen and oxygen atoms in total. The SMILES string of the molecule is CC1(C)C=CC=C2C=c3[siH]ccc(B(O)O)c3=C21. The van der Waals surface area contributed by atoms with Gasteiger partial charge in [0.05, 0.1) is 0 Å². The Balaban J connectivity index is 2.47. The van der Waals surface area contributed by atoms with Gasteiger partial charge in [0, 0.05) is 14.5 Å². The highest BCUT2D eigenvalue weighted by atomic mass is 28.2. The standard InChI is InChI=1S/C14H15BO2Si/c1-14(2)6-3-4-9-8-11-12(13(9)14)10(15(16)17)5-7-18-11/h3-8,16-18H,1-2H3. The molecule has 18 heavy (non-hydrogen) atoms. The molecule has 0 atom stereocenters. The maximum atomic E-state index is 9.56. The van der Waals surface area contributed by atoms with Gasteiger partial charge in [0.2, 0.25) is 0 Å². The van der Waals surface area contributed by atoms with E-state index in [4.69, 9.17) is 0 Å². The minimum absolute atomic E-state index is 0.0531. The van der Waals surface area contributed by atoms with Crippen LogP contribution in [0, 0.1) is 5.41 Å². The van der Waals surface area contributed by atoms with E-state index in [2.05, 4.69) is 43.8 Å². The van der Waals surface area contributed by atoms with E-state index in [-0.39, 0.29) is 14.5 Å². The van der Waals surface area contributed by atoms with Crippen LogP contribution in [-0.4, -0.2) is 26.3 Å². The number of rotatable bonds is 1. The topological polar surface area (TPSA) is 40.5 Å². The molecule has 1 heterocycles. The molecule has 4 heteroatoms. The normalized spacial score (nSPS) is 18.9. The van der Waals surface area contributed by atoms with Gasteiger partial charge in [-0.3, -0.25) is 0 Å². The van der Waals surface area contributed by atoms with Crippen LogP contribution in [0.2, 0.25) is 0 Å². The lowest BCUT2D eigenvalue weighted by Crippen LogP contribution is -2.50. The van der Waals surface area contributed by atoms with Crippen molar-refractivity contribution in [3.63, 3.8) is 0 Å². The first-order valence-corrected chi connectivity index (χ1v) is 7.36. The summed E-state index contributed by atoms with van der Waals surface area (Å²) in [5.41, 5.74) is 5.12. The third-order valence-electron chi connectivity index (χ3n) is 3.69. The van der Waals surface area contributed by atoms with Crippen molar-refractivity contribution in [1.29, 1.82) is 0 Å². The molecule has 3 rings (SSSR count). The lowest BCUT2D eigenvalue weighted by molar-refractivity contribution is 0.425. The molecule has 2 aliphatic carbocycles. The zero-order valence-corrected chi connectivity index (χ0v) is 11.7. The molecule has 0 unspecified atom stereocenters. The van der Waals surface area contributed by atoms with Gasteiger partial charge in [0.15, 0.2) is 0 Å². The molecule has 0 radical (unpaired) electrons. The van der Waals surface area contributed by atoms with E-state index >= 15 is 0 Å². The maximum Gasteiger partial charge on any atom is 0.489 e. The molecule has 1 aromatic heterocycles. The zero-order valence-electron chi connectivity index (χ0n) is 10.5. The summed E-state index contributed by atoms with van der Waals surface area (Å²) in [4.78, 5) is 1.28. The molecule has 0 bridgehead atoms. The van der Waals surface area contributed by atoms with Gasteiger partial charge in [-0.25, -0.2) is 0 Å². The molecule has 0 saturated heterocycles. The summed E-state index contributed by atoms with van der Waals surface area (Å²) in [6.07, 6.45) is 8.58. The van der Waals surface area contributed by atoms with Crippen LogP contribution >= 0.6 is 0 Å². The van der Waals surface area contributed by atoms with Crippen LogP contribution < -0.4 is 15.5 Å². The van der Waals surface area contributed by atoms with Crippen LogP contribution in [0.3, 0.4) is 0 Å². The fraction of sp³-hybridized carbons (Fsp3) is 0.214. The Kier molecular flexibility index (Phi) is 2.55. The molecule has 0 amide bonds. The Hall–Kier alpha value is -1.23. The van der Waals surface area contributed by atoms with Gasteiger partial charge in [0.1, 0.15) is 0 Å². The average Bonchev–Trinajstić information content (AvgIpc) is 2.67. The molecule has 1 aromatic rings. The molecular formula is C14H15BO2Si. The Morgan fingerprint density at radius 1 is 1.28 bits per heavy atom. The average molecular weight is 254 g/mol. The smallest absolute Gasteiger partial charge is 0.423 e. The summed E-state index contributed by atoms with van der Waals surface area (Å²) in [5.74, 6) is 0. The van der Waals surface area contributed by atoms with Gasteiger partial charge in [-0.1, -0.05) is 49.9 Å². The highest BCUT2D eigenvalue weighted by molar-refractivity contribution is 6.59. The van der Waals surface area contributed by atoms with E-state index in [9.17, 15) is 10.0 Å². The Morgan fingerprint density at radius 3 is 2.78 bits per heavy atom. The summed E-state index contributed by atoms with van der Waals surface area (Å²) < 4.78 is 0. The predicted molar refractivity (Wildman–Crippen MR) is 77.1 cm³/mol. The van der Waals surface area contributed by atoms with E-state index in [0.29, 0.717) is 5.46 Å². The van der Waals surface area contributed by atoms with Crippen molar-refractivity contribution in [3.8, 4) is 0 Å². The molecule has 0 fully saturated rings. The minimum Gasteiger partial charge on any atom is -0.423 e. The Morgan fingerprint density at radius 2 is 2.06 bits per heavy atom. The summed E-state index contributed by atoms with van der Waals surface area (Å²) in [6.45, 7) is 4.34. The maximum absolute atomic E-state index is 9.56. The quantitative estimate of drug-likeness (QED) is 0.625. The van der Waals surface area contributed by atoms with Crippen LogP contribution in [0.15, 0.2) is 35.5 Å². The van der Waals surface area contributed by atoms with Crippen LogP contribution in [-0.2, 0) is 0 Å². The Labute approximate surface area is 109 Å². The summed E-state index contributed by atoms with van der Waals surface area (Å²) in [5, 5.41) is 20.2. The fourth-order valence-electron chi connectivity index (χ4n) is 2.90. The second-order valence-corrected chi connectivity index (χ2v) is 6.75. The number of hydrogen-bond acceptors (Lipinski definition) is 2. The number of fused-ring (bicyclic) bond motifs is 2. The van der Waals surface area contributed by atoms with Crippen molar-refractivity contribution in [2.75, 3.05) is 0 Å². The lowest BCUT2D eigenvalue weighted by atomic mass is 9.73. The third kappa shape index (κ3) is 1.61. The van der Waals surface area contributed by atoms with Gasteiger partial charge < -0.3 is 10.0 Å². The van der Waals surface area contributed by atoms with E-state index in [0.717, 1.165) is 5.22 Å². The Bertz CT molecular complexity index is 699. The second kappa shape index (κ2) is 3.88. The molecular weight excluding hydrogens is 239 g/mol. The van der Waals surface area contributed by atoms with Crippen molar-refractivity contribution < 1.29 is 10.0 Å². The molecule has 2 aliphatic rings. The molecule has 0 spiro atoms. The van der Waals surface area contributed by atoms with Gasteiger partial charge >= 0.3 is 7.12 Å². The highest BCUT2D eigenvalue weighted by Crippen LogP contribution is 2.38. The van der Waals surface area contributed by atoms with Gasteiger partial charge in [-0.05, 0) is 26.7 Å². The van der Waals surface area contributed by atoms with Crippen LogP contribution in [0.1, 0.15) is 13.8 Å². The molecule has 2 N–H and O–H groups in total. The van der Waals surface area contributed by atoms with Crippen LogP contribution in [0.4, 0.5) is 0 Å². The zero-order chi connectivity index (χ0) is 12.9. The third-order valence-corrected chi connectivity index (χ3v) is 4.89. The molecule has 0 aliphatic heterocycles. The highest BCUT2D eigenvalue weighted by Gasteiger charge is 2.30. The number of allylic oxidation sites excluding steroid dienone is 4. The van der Waals surface area contributed by atoms with Crippen LogP contribution in [0.25, 0.3) is 11.6 Å². The molecule has 0 aromatic carbocycles. The van der Waals surface area contributed by atoms with Gasteiger partial charge in [-0.2, -0.15) is 0 Å². The first-order chi connectivity index (χ1) is 8.50. The van der Waals surface area contributed by atoms with Gasteiger partial charge in [0.25, 0.3) is 0 Å². The van der Waals surface area contributed by atoms with Crippen molar-refractivity contribution >= 4 is 33.3 Å². The summed E-state index contributed by atoms with van der Waals surface area (Å²) >= 11 is 0. The number of hydrogen-bond donors (Lipinski definition) is 2. The molecule has 90 valence electrons. The predicted octanol–water partition coefficient (Wildman–Crippen LogP) is -1.10. The van der Waals surface area contributed by atoms with Crippen molar-refractivity contribution in [2.24, 2.45) is 5.41 Å². The van der Waals surface area contributed by atoms with Gasteiger partial charge in [-0.15, -0.1) is 0 Å². The minimum atomic E-state index is -1.40. The van der Waals surface area contributed by atoms with E-state index < -0.39 is 7.12 Å². The van der Waals surface area contributed by atoms with Crippen molar-refractivity contribution in [1.82, 2.24) is 0 Å². The van der Waals surface area contributed by atoms with E-state index in [1.807, 2.05) is 6.07 Å².